The van der Waals surface area contributed by atoms with Crippen LogP contribution < -0.4 is 11.1 Å². The number of benzene rings is 2. The van der Waals surface area contributed by atoms with Gasteiger partial charge in [0.15, 0.2) is 0 Å². The van der Waals surface area contributed by atoms with Crippen LogP contribution in [0, 0.1) is 6.92 Å². The third kappa shape index (κ3) is 4.37. The van der Waals surface area contributed by atoms with E-state index in [4.69, 9.17) is 5.73 Å². The molecule has 0 unspecified atom stereocenters. The van der Waals surface area contributed by atoms with Gasteiger partial charge in [0.2, 0.25) is 5.95 Å². The molecule has 0 spiro atoms. The molecule has 0 amide bonds. The summed E-state index contributed by atoms with van der Waals surface area (Å²) >= 11 is 0. The highest BCUT2D eigenvalue weighted by molar-refractivity contribution is 5.91. The molecular formula is C19H15F3N4O2. The summed E-state index contributed by atoms with van der Waals surface area (Å²) in [5.41, 5.74) is 7.51. The Morgan fingerprint density at radius 3 is 2.50 bits per heavy atom. The summed E-state index contributed by atoms with van der Waals surface area (Å²) in [7, 11) is 0. The Hall–Kier alpha value is -3.62. The van der Waals surface area contributed by atoms with Gasteiger partial charge in [0, 0.05) is 17.6 Å². The van der Waals surface area contributed by atoms with Gasteiger partial charge in [-0.25, -0.2) is 14.8 Å². The monoisotopic (exact) mass is 388 g/mol. The van der Waals surface area contributed by atoms with Gasteiger partial charge in [0.1, 0.15) is 5.69 Å². The van der Waals surface area contributed by atoms with Gasteiger partial charge in [-0.2, -0.15) is 13.2 Å². The van der Waals surface area contributed by atoms with Crippen LogP contribution in [-0.2, 0) is 6.18 Å². The maximum absolute atomic E-state index is 12.8. The average Bonchev–Trinajstić information content (AvgIpc) is 2.60. The molecule has 3 rings (SSSR count). The fourth-order valence-corrected chi connectivity index (χ4v) is 2.67. The van der Waals surface area contributed by atoms with Crippen molar-refractivity contribution in [3.05, 3.63) is 65.5 Å². The summed E-state index contributed by atoms with van der Waals surface area (Å²) in [5, 5.41) is 11.9. The molecule has 3 aromatic rings. The van der Waals surface area contributed by atoms with Gasteiger partial charge >= 0.3 is 12.1 Å². The zero-order valence-electron chi connectivity index (χ0n) is 14.6. The van der Waals surface area contributed by atoms with Crippen molar-refractivity contribution in [2.24, 2.45) is 0 Å². The highest BCUT2D eigenvalue weighted by Crippen LogP contribution is 2.30. The molecule has 0 aliphatic carbocycles. The highest BCUT2D eigenvalue weighted by atomic mass is 19.4. The minimum atomic E-state index is -4.58. The number of carbonyl (C=O) groups is 1. The van der Waals surface area contributed by atoms with E-state index in [1.165, 1.54) is 12.1 Å². The fourth-order valence-electron chi connectivity index (χ4n) is 2.67. The lowest BCUT2D eigenvalue weighted by Gasteiger charge is -2.12. The smallest absolute Gasteiger partial charge is 0.433 e. The van der Waals surface area contributed by atoms with Gasteiger partial charge in [0.25, 0.3) is 0 Å². The Kier molecular flexibility index (Phi) is 4.91. The number of nitrogens with two attached hydrogens (primary N) is 1. The number of hydrogen-bond acceptors (Lipinski definition) is 5. The number of aromatic nitrogens is 2. The lowest BCUT2D eigenvalue weighted by atomic mass is 9.99. The van der Waals surface area contributed by atoms with E-state index in [0.717, 1.165) is 17.8 Å². The lowest BCUT2D eigenvalue weighted by molar-refractivity contribution is -0.141. The largest absolute Gasteiger partial charge is 0.478 e. The number of halogens is 3. The van der Waals surface area contributed by atoms with Crippen LogP contribution in [0.1, 0.15) is 21.6 Å². The van der Waals surface area contributed by atoms with Gasteiger partial charge in [0.05, 0.1) is 5.56 Å². The minimum Gasteiger partial charge on any atom is -0.478 e. The van der Waals surface area contributed by atoms with E-state index < -0.39 is 17.8 Å². The maximum atomic E-state index is 12.8. The van der Waals surface area contributed by atoms with E-state index in [9.17, 15) is 23.1 Å². The number of nitrogens with zero attached hydrogens (tertiary/aromatic N) is 2. The van der Waals surface area contributed by atoms with Crippen LogP contribution in [-0.4, -0.2) is 21.0 Å². The molecule has 144 valence electrons. The standard InChI is InChI=1S/C19H15F3N4O2/c1-10-4-11(12-6-13(17(27)28)8-14(23)7-12)9-15(5-10)25-18-24-3-2-16(26-18)19(20,21)22/h2-9H,23H2,1H3,(H,27,28)(H,24,25,26). The number of carboxylic acid groups (broad SMARTS) is 1. The van der Waals surface area contributed by atoms with Crippen molar-refractivity contribution >= 4 is 23.3 Å². The summed E-state index contributed by atoms with van der Waals surface area (Å²) in [6.07, 6.45) is -3.56. The second-order valence-electron chi connectivity index (χ2n) is 6.12. The summed E-state index contributed by atoms with van der Waals surface area (Å²) in [6, 6.07) is 10.4. The van der Waals surface area contributed by atoms with Gasteiger partial charge in [-0.1, -0.05) is 6.07 Å². The third-order valence-electron chi connectivity index (χ3n) is 3.82. The SMILES string of the molecule is Cc1cc(Nc2nccc(C(F)(F)F)n2)cc(-c2cc(N)cc(C(=O)O)c2)c1. The molecule has 1 aromatic heterocycles. The number of anilines is 3. The first-order valence-electron chi connectivity index (χ1n) is 8.05. The van der Waals surface area contributed by atoms with Crippen LogP contribution in [0.5, 0.6) is 0 Å². The molecule has 0 atom stereocenters. The van der Waals surface area contributed by atoms with Crippen molar-refractivity contribution in [1.29, 1.82) is 0 Å². The number of nitrogens with one attached hydrogen (secondary N) is 1. The number of alkyl halides is 3. The Bertz CT molecular complexity index is 1050. The molecule has 2 aromatic carbocycles. The van der Waals surface area contributed by atoms with Crippen LogP contribution in [0.2, 0.25) is 0 Å². The average molecular weight is 388 g/mol. The van der Waals surface area contributed by atoms with E-state index in [1.54, 1.807) is 31.2 Å². The highest BCUT2D eigenvalue weighted by Gasteiger charge is 2.32. The molecule has 0 aliphatic heterocycles. The van der Waals surface area contributed by atoms with Crippen molar-refractivity contribution in [3.8, 4) is 11.1 Å². The van der Waals surface area contributed by atoms with Crippen molar-refractivity contribution in [2.45, 2.75) is 13.1 Å². The van der Waals surface area contributed by atoms with E-state index in [2.05, 4.69) is 15.3 Å². The first-order valence-corrected chi connectivity index (χ1v) is 8.05. The number of nitrogen functional groups attached to an aromatic ring is 1. The molecule has 0 saturated heterocycles. The van der Waals surface area contributed by atoms with Gasteiger partial charge < -0.3 is 16.2 Å². The first kappa shape index (κ1) is 19.2. The summed E-state index contributed by atoms with van der Waals surface area (Å²) in [6.45, 7) is 1.80. The molecule has 1 heterocycles. The van der Waals surface area contributed by atoms with Gasteiger partial charge in [-0.05, 0) is 60.0 Å². The molecule has 0 fully saturated rings. The number of aryl methyl sites for hydroxylation is 1. The number of aromatic carboxylic acids is 1. The molecular weight excluding hydrogens is 373 g/mol. The molecule has 0 radical (unpaired) electrons. The third-order valence-corrected chi connectivity index (χ3v) is 3.82. The van der Waals surface area contributed by atoms with Crippen molar-refractivity contribution in [1.82, 2.24) is 9.97 Å². The Balaban J connectivity index is 1.98. The van der Waals surface area contributed by atoms with Gasteiger partial charge in [-0.3, -0.25) is 0 Å². The van der Waals surface area contributed by atoms with E-state index in [0.29, 0.717) is 16.8 Å². The molecule has 9 heteroatoms. The first-order chi connectivity index (χ1) is 13.1. The predicted octanol–water partition coefficient (Wildman–Crippen LogP) is 4.49. The van der Waals surface area contributed by atoms with Gasteiger partial charge in [-0.15, -0.1) is 0 Å². The van der Waals surface area contributed by atoms with Crippen LogP contribution >= 0.6 is 0 Å². The predicted molar refractivity (Wildman–Crippen MR) is 98.3 cm³/mol. The molecule has 0 aliphatic rings. The molecule has 4 N–H and O–H groups in total. The second kappa shape index (κ2) is 7.18. The van der Waals surface area contributed by atoms with Crippen LogP contribution in [0.15, 0.2) is 48.7 Å². The Morgan fingerprint density at radius 2 is 1.82 bits per heavy atom. The van der Waals surface area contributed by atoms with Crippen LogP contribution in [0.4, 0.5) is 30.5 Å². The minimum absolute atomic E-state index is 0.0345. The zero-order chi connectivity index (χ0) is 20.5. The Morgan fingerprint density at radius 1 is 1.11 bits per heavy atom. The molecule has 0 bridgehead atoms. The summed E-state index contributed by atoms with van der Waals surface area (Å²) in [5.74, 6) is -1.32. The lowest BCUT2D eigenvalue weighted by Crippen LogP contribution is -2.10. The Labute approximate surface area is 157 Å². The molecule has 28 heavy (non-hydrogen) atoms. The number of hydrogen-bond donors (Lipinski definition) is 3. The maximum Gasteiger partial charge on any atom is 0.433 e. The fraction of sp³-hybridized carbons (Fsp3) is 0.105. The van der Waals surface area contributed by atoms with E-state index in [-0.39, 0.29) is 17.2 Å². The van der Waals surface area contributed by atoms with Crippen molar-refractivity contribution < 1.29 is 23.1 Å². The van der Waals surface area contributed by atoms with Crippen molar-refractivity contribution in [3.63, 3.8) is 0 Å². The quantitative estimate of drug-likeness (QED) is 0.569. The molecule has 6 nitrogen and oxygen atoms in total. The van der Waals surface area contributed by atoms with Crippen molar-refractivity contribution in [2.75, 3.05) is 11.1 Å². The summed E-state index contributed by atoms with van der Waals surface area (Å²) in [4.78, 5) is 18.5. The number of carboxylic acids is 1. The van der Waals surface area contributed by atoms with Crippen LogP contribution in [0.25, 0.3) is 11.1 Å². The summed E-state index contributed by atoms with van der Waals surface area (Å²) < 4.78 is 38.5. The number of rotatable bonds is 4. The normalized spacial score (nSPS) is 11.3. The second-order valence-corrected chi connectivity index (χ2v) is 6.12. The van der Waals surface area contributed by atoms with Crippen LogP contribution in [0.3, 0.4) is 0 Å². The zero-order valence-corrected chi connectivity index (χ0v) is 14.6. The van der Waals surface area contributed by atoms with E-state index in [1.807, 2.05) is 0 Å². The molecule has 0 saturated carbocycles. The van der Waals surface area contributed by atoms with E-state index >= 15 is 0 Å². The topological polar surface area (TPSA) is 101 Å².